The number of urea groups is 1. The molecule has 0 saturated carbocycles. The van der Waals surface area contributed by atoms with Crippen molar-refractivity contribution >= 4 is 34.3 Å². The van der Waals surface area contributed by atoms with E-state index in [1.165, 1.54) is 0 Å². The first-order valence-corrected chi connectivity index (χ1v) is 9.83. The summed E-state index contributed by atoms with van der Waals surface area (Å²) in [7, 11) is 0. The van der Waals surface area contributed by atoms with Gasteiger partial charge in [0.15, 0.2) is 0 Å². The lowest BCUT2D eigenvalue weighted by atomic mass is 10.2. The van der Waals surface area contributed by atoms with Gasteiger partial charge in [-0.05, 0) is 48.5 Å². The van der Waals surface area contributed by atoms with E-state index in [1.807, 2.05) is 6.07 Å². The van der Waals surface area contributed by atoms with Gasteiger partial charge in [0, 0.05) is 24.3 Å². The summed E-state index contributed by atoms with van der Waals surface area (Å²) in [6.07, 6.45) is 0.0724. The first-order valence-electron chi connectivity index (χ1n) is 9.83. The second-order valence-corrected chi connectivity index (χ2v) is 6.99. The van der Waals surface area contributed by atoms with Crippen LogP contribution in [0.1, 0.15) is 6.42 Å². The van der Waals surface area contributed by atoms with Crippen molar-refractivity contribution < 1.29 is 18.4 Å². The number of carbonyl (C=O) groups excluding carboxylic acids is 2. The number of imidazole rings is 1. The number of aromatic amines is 1. The third-order valence-corrected chi connectivity index (χ3v) is 4.62. The standard InChI is InChI=1S/C23H19F2N5O2/c24-14-6-8-18(25)17(12-14)22-29-19-9-7-16(13-20(19)30-22)27-21(31)10-11-26-23(32)28-15-4-2-1-3-5-15/h1-9,12-13H,10-11H2,(H,27,31)(H,29,30)(H2,26,28,32). The summed E-state index contributed by atoms with van der Waals surface area (Å²) in [5.74, 6) is -1.27. The molecule has 1 aromatic heterocycles. The Morgan fingerprint density at radius 2 is 1.72 bits per heavy atom. The van der Waals surface area contributed by atoms with Crippen LogP contribution in [-0.2, 0) is 4.79 Å². The highest BCUT2D eigenvalue weighted by Crippen LogP contribution is 2.25. The molecule has 4 N–H and O–H groups in total. The molecule has 162 valence electrons. The molecule has 4 rings (SSSR count). The highest BCUT2D eigenvalue weighted by atomic mass is 19.1. The number of halogens is 2. The number of amides is 3. The number of nitrogens with one attached hydrogen (secondary N) is 4. The van der Waals surface area contributed by atoms with E-state index >= 15 is 0 Å². The summed E-state index contributed by atoms with van der Waals surface area (Å²) in [4.78, 5) is 31.3. The summed E-state index contributed by atoms with van der Waals surface area (Å²) in [6.45, 7) is 0.153. The molecule has 0 atom stereocenters. The lowest BCUT2D eigenvalue weighted by molar-refractivity contribution is -0.116. The van der Waals surface area contributed by atoms with Gasteiger partial charge in [-0.2, -0.15) is 0 Å². The zero-order chi connectivity index (χ0) is 22.5. The van der Waals surface area contributed by atoms with Crippen molar-refractivity contribution in [1.29, 1.82) is 0 Å². The van der Waals surface area contributed by atoms with Crippen molar-refractivity contribution in [2.75, 3.05) is 17.2 Å². The second kappa shape index (κ2) is 9.25. The lowest BCUT2D eigenvalue weighted by Gasteiger charge is -2.08. The van der Waals surface area contributed by atoms with E-state index < -0.39 is 17.7 Å². The van der Waals surface area contributed by atoms with E-state index in [-0.39, 0.29) is 30.3 Å². The Hall–Kier alpha value is -4.27. The molecule has 7 nitrogen and oxygen atoms in total. The molecule has 0 aliphatic heterocycles. The van der Waals surface area contributed by atoms with Crippen LogP contribution in [0.2, 0.25) is 0 Å². The Morgan fingerprint density at radius 1 is 0.906 bits per heavy atom. The minimum Gasteiger partial charge on any atom is -0.338 e. The Balaban J connectivity index is 1.34. The summed E-state index contributed by atoms with van der Waals surface area (Å²) < 4.78 is 27.5. The molecule has 32 heavy (non-hydrogen) atoms. The van der Waals surface area contributed by atoms with Crippen molar-refractivity contribution in [2.45, 2.75) is 6.42 Å². The van der Waals surface area contributed by atoms with E-state index in [9.17, 15) is 18.4 Å². The first-order chi connectivity index (χ1) is 15.5. The zero-order valence-corrected chi connectivity index (χ0v) is 16.8. The van der Waals surface area contributed by atoms with Crippen LogP contribution in [0.3, 0.4) is 0 Å². The molecular weight excluding hydrogens is 416 g/mol. The number of aromatic nitrogens is 2. The largest absolute Gasteiger partial charge is 0.338 e. The van der Waals surface area contributed by atoms with E-state index in [4.69, 9.17) is 0 Å². The summed E-state index contributed by atoms with van der Waals surface area (Å²) in [5.41, 5.74) is 2.28. The second-order valence-electron chi connectivity index (χ2n) is 6.99. The van der Waals surface area contributed by atoms with Gasteiger partial charge < -0.3 is 20.9 Å². The van der Waals surface area contributed by atoms with Crippen molar-refractivity contribution in [3.8, 4) is 11.4 Å². The number of nitrogens with zero attached hydrogens (tertiary/aromatic N) is 1. The van der Waals surface area contributed by atoms with E-state index in [0.717, 1.165) is 18.2 Å². The number of H-pyrrole nitrogens is 1. The van der Waals surface area contributed by atoms with Gasteiger partial charge in [-0.3, -0.25) is 4.79 Å². The minimum atomic E-state index is -0.595. The van der Waals surface area contributed by atoms with Crippen LogP contribution < -0.4 is 16.0 Å². The topological polar surface area (TPSA) is 98.9 Å². The van der Waals surface area contributed by atoms with Crippen molar-refractivity contribution in [3.63, 3.8) is 0 Å². The molecule has 4 aromatic rings. The lowest BCUT2D eigenvalue weighted by Crippen LogP contribution is -2.31. The van der Waals surface area contributed by atoms with Crippen LogP contribution >= 0.6 is 0 Å². The average molecular weight is 435 g/mol. The van der Waals surface area contributed by atoms with Crippen molar-refractivity contribution in [2.24, 2.45) is 0 Å². The Kier molecular flexibility index (Phi) is 6.07. The number of fused-ring (bicyclic) bond motifs is 1. The fraction of sp³-hybridized carbons (Fsp3) is 0.0870. The van der Waals surface area contributed by atoms with Crippen molar-refractivity contribution in [1.82, 2.24) is 15.3 Å². The van der Waals surface area contributed by atoms with Gasteiger partial charge in [0.2, 0.25) is 5.91 Å². The third kappa shape index (κ3) is 5.07. The summed E-state index contributed by atoms with van der Waals surface area (Å²) in [6, 6.07) is 16.7. The molecule has 0 spiro atoms. The minimum absolute atomic E-state index is 0.0200. The summed E-state index contributed by atoms with van der Waals surface area (Å²) in [5, 5.41) is 8.02. The van der Waals surface area contributed by atoms with Gasteiger partial charge in [-0.25, -0.2) is 18.6 Å². The predicted octanol–water partition coefficient (Wildman–Crippen LogP) is 4.66. The molecule has 0 unspecified atom stereocenters. The SMILES string of the molecule is O=C(CCNC(=O)Nc1ccccc1)Nc1ccc2nc(-c3cc(F)ccc3F)[nH]c2c1. The molecule has 0 bridgehead atoms. The normalized spacial score (nSPS) is 10.7. The predicted molar refractivity (Wildman–Crippen MR) is 118 cm³/mol. The zero-order valence-electron chi connectivity index (χ0n) is 16.8. The first kappa shape index (κ1) is 21.0. The molecule has 1 heterocycles. The molecular formula is C23H19F2N5O2. The number of para-hydroxylation sites is 1. The third-order valence-electron chi connectivity index (χ3n) is 4.62. The van der Waals surface area contributed by atoms with Gasteiger partial charge in [0.05, 0.1) is 16.6 Å². The highest BCUT2D eigenvalue weighted by Gasteiger charge is 2.12. The number of hydrogen-bond acceptors (Lipinski definition) is 3. The summed E-state index contributed by atoms with van der Waals surface area (Å²) >= 11 is 0. The van der Waals surface area contributed by atoms with Crippen molar-refractivity contribution in [3.05, 3.63) is 78.4 Å². The van der Waals surface area contributed by atoms with Gasteiger partial charge in [0.25, 0.3) is 0 Å². The molecule has 0 radical (unpaired) electrons. The maximum atomic E-state index is 14.0. The van der Waals surface area contributed by atoms with Crippen LogP contribution in [-0.4, -0.2) is 28.5 Å². The monoisotopic (exact) mass is 435 g/mol. The van der Waals surface area contributed by atoms with E-state index in [2.05, 4.69) is 25.9 Å². The highest BCUT2D eigenvalue weighted by molar-refractivity contribution is 5.94. The van der Waals surface area contributed by atoms with Crippen LogP contribution in [0.25, 0.3) is 22.4 Å². The van der Waals surface area contributed by atoms with Gasteiger partial charge >= 0.3 is 6.03 Å². The molecule has 3 amide bonds. The van der Waals surface area contributed by atoms with Crippen LogP contribution in [0.15, 0.2) is 66.7 Å². The number of benzene rings is 3. The Bertz CT molecular complexity index is 1270. The fourth-order valence-corrected chi connectivity index (χ4v) is 3.10. The van der Waals surface area contributed by atoms with Crippen LogP contribution in [0.4, 0.5) is 25.0 Å². The maximum Gasteiger partial charge on any atom is 0.319 e. The smallest absolute Gasteiger partial charge is 0.319 e. The Labute approximate surface area is 181 Å². The number of carbonyl (C=O) groups is 2. The Morgan fingerprint density at radius 3 is 2.53 bits per heavy atom. The van der Waals surface area contributed by atoms with Gasteiger partial charge in [0.1, 0.15) is 17.5 Å². The maximum absolute atomic E-state index is 14.0. The van der Waals surface area contributed by atoms with E-state index in [1.54, 1.807) is 42.5 Å². The van der Waals surface area contributed by atoms with Crippen LogP contribution in [0.5, 0.6) is 0 Å². The molecule has 0 aliphatic carbocycles. The molecule has 9 heteroatoms. The average Bonchev–Trinajstić information content (AvgIpc) is 3.19. The number of hydrogen-bond donors (Lipinski definition) is 4. The number of rotatable bonds is 6. The molecule has 0 aliphatic rings. The van der Waals surface area contributed by atoms with Gasteiger partial charge in [-0.15, -0.1) is 0 Å². The molecule has 0 fully saturated rings. The fourth-order valence-electron chi connectivity index (χ4n) is 3.10. The van der Waals surface area contributed by atoms with Crippen LogP contribution in [0, 0.1) is 11.6 Å². The molecule has 3 aromatic carbocycles. The van der Waals surface area contributed by atoms with E-state index in [0.29, 0.717) is 22.4 Å². The van der Waals surface area contributed by atoms with Gasteiger partial charge in [-0.1, -0.05) is 18.2 Å². The quantitative estimate of drug-likeness (QED) is 0.355. The number of anilines is 2. The molecule has 0 saturated heterocycles.